The number of alkyl halides is 3. The number of carbonyl (C=O) groups excluding carboxylic acids is 1. The van der Waals surface area contributed by atoms with Crippen LogP contribution >= 0.6 is 0 Å². The Balaban J connectivity index is 1.56. The molecular formula is C25H22F3N5O4. The summed E-state index contributed by atoms with van der Waals surface area (Å²) in [4.78, 5) is 39.9. The molecule has 0 aliphatic heterocycles. The molecule has 0 fully saturated rings. The molecule has 12 heteroatoms. The van der Waals surface area contributed by atoms with E-state index >= 15 is 0 Å². The average Bonchev–Trinajstić information content (AvgIpc) is 3.17. The lowest BCUT2D eigenvalue weighted by atomic mass is 10.0. The molecule has 0 bridgehead atoms. The standard InChI is InChI=1S/C25H22F3N5O4/c1-14-22(15(2)32-31-14)17-8-9-18(20(10-17)37-25(26,27)28)12-29-23(35)19-11-21(34)33(24(36)30-19)13-16-6-4-3-5-7-16/h3-11H,12-13H2,1-2H3,(H,29,35)(H,30,36)(H,31,32). The second-order valence-electron chi connectivity index (χ2n) is 8.26. The van der Waals surface area contributed by atoms with Crippen LogP contribution in [0, 0.1) is 13.8 Å². The van der Waals surface area contributed by atoms with E-state index < -0.39 is 29.3 Å². The molecule has 2 aromatic heterocycles. The van der Waals surface area contributed by atoms with Crippen LogP contribution in [0.15, 0.2) is 64.2 Å². The predicted molar refractivity (Wildman–Crippen MR) is 128 cm³/mol. The lowest BCUT2D eigenvalue weighted by Gasteiger charge is -2.15. The largest absolute Gasteiger partial charge is 0.573 e. The fourth-order valence-electron chi connectivity index (χ4n) is 3.88. The molecule has 0 aliphatic carbocycles. The topological polar surface area (TPSA) is 122 Å². The minimum absolute atomic E-state index is 0.0109. The minimum Gasteiger partial charge on any atom is -0.405 e. The molecular weight excluding hydrogens is 491 g/mol. The molecule has 0 aliphatic rings. The molecule has 0 saturated carbocycles. The average molecular weight is 513 g/mol. The Bertz CT molecular complexity index is 1500. The van der Waals surface area contributed by atoms with Crippen molar-refractivity contribution in [2.75, 3.05) is 0 Å². The molecule has 0 spiro atoms. The first-order chi connectivity index (χ1) is 17.5. The number of H-pyrrole nitrogens is 2. The number of nitrogens with one attached hydrogen (secondary N) is 3. The molecule has 2 aromatic carbocycles. The summed E-state index contributed by atoms with van der Waals surface area (Å²) in [5.41, 5.74) is 1.29. The highest BCUT2D eigenvalue weighted by molar-refractivity contribution is 5.92. The van der Waals surface area contributed by atoms with Crippen molar-refractivity contribution in [1.29, 1.82) is 0 Å². The summed E-state index contributed by atoms with van der Waals surface area (Å²) in [5.74, 6) is -1.35. The molecule has 2 heterocycles. The van der Waals surface area contributed by atoms with Gasteiger partial charge in [-0.2, -0.15) is 5.10 Å². The van der Waals surface area contributed by atoms with Gasteiger partial charge in [-0.15, -0.1) is 13.2 Å². The van der Waals surface area contributed by atoms with Crippen molar-refractivity contribution in [3.05, 3.63) is 104 Å². The molecule has 3 N–H and O–H groups in total. The van der Waals surface area contributed by atoms with Crippen molar-refractivity contribution in [2.24, 2.45) is 0 Å². The van der Waals surface area contributed by atoms with Gasteiger partial charge < -0.3 is 15.0 Å². The zero-order valence-electron chi connectivity index (χ0n) is 19.8. The predicted octanol–water partition coefficient (Wildman–Crippen LogP) is 3.42. The van der Waals surface area contributed by atoms with Crippen LogP contribution in [-0.2, 0) is 13.1 Å². The van der Waals surface area contributed by atoms with Crippen LogP contribution in [0.1, 0.15) is 33.0 Å². The molecule has 192 valence electrons. The summed E-state index contributed by atoms with van der Waals surface area (Å²) in [7, 11) is 0. The third-order valence-corrected chi connectivity index (χ3v) is 5.60. The number of benzene rings is 2. The van der Waals surface area contributed by atoms with Crippen LogP contribution in [-0.4, -0.2) is 32.0 Å². The van der Waals surface area contributed by atoms with Gasteiger partial charge in [0.1, 0.15) is 11.4 Å². The normalized spacial score (nSPS) is 11.4. The van der Waals surface area contributed by atoms with Gasteiger partial charge in [0.15, 0.2) is 0 Å². The molecule has 9 nitrogen and oxygen atoms in total. The zero-order chi connectivity index (χ0) is 26.7. The van der Waals surface area contributed by atoms with Crippen LogP contribution in [0.5, 0.6) is 5.75 Å². The smallest absolute Gasteiger partial charge is 0.405 e. The molecule has 0 radical (unpaired) electrons. The second-order valence-corrected chi connectivity index (χ2v) is 8.26. The third-order valence-electron chi connectivity index (χ3n) is 5.60. The second kappa shape index (κ2) is 10.2. The number of nitrogens with zero attached hydrogens (tertiary/aromatic N) is 2. The van der Waals surface area contributed by atoms with Gasteiger partial charge in [0.05, 0.1) is 12.2 Å². The number of carbonyl (C=O) groups is 1. The van der Waals surface area contributed by atoms with Crippen molar-refractivity contribution >= 4 is 5.91 Å². The Morgan fingerprint density at radius 1 is 1.08 bits per heavy atom. The van der Waals surface area contributed by atoms with Crippen molar-refractivity contribution in [3.8, 4) is 16.9 Å². The van der Waals surface area contributed by atoms with Gasteiger partial charge in [-0.25, -0.2) is 4.79 Å². The Labute approximate surface area is 207 Å². The molecule has 4 rings (SSSR count). The Hall–Kier alpha value is -4.61. The minimum atomic E-state index is -4.97. The first-order valence-electron chi connectivity index (χ1n) is 11.1. The van der Waals surface area contributed by atoms with E-state index in [0.717, 1.165) is 10.6 Å². The monoisotopic (exact) mass is 513 g/mol. The van der Waals surface area contributed by atoms with E-state index in [2.05, 4.69) is 25.2 Å². The van der Waals surface area contributed by atoms with Crippen LogP contribution in [0.4, 0.5) is 13.2 Å². The Kier molecular flexibility index (Phi) is 7.00. The maximum Gasteiger partial charge on any atom is 0.573 e. The number of hydrogen-bond donors (Lipinski definition) is 3. The summed E-state index contributed by atoms with van der Waals surface area (Å²) in [6.07, 6.45) is -4.97. The first-order valence-corrected chi connectivity index (χ1v) is 11.1. The van der Waals surface area contributed by atoms with E-state index in [0.29, 0.717) is 28.1 Å². The van der Waals surface area contributed by atoms with Crippen LogP contribution in [0.25, 0.3) is 11.1 Å². The van der Waals surface area contributed by atoms with Gasteiger partial charge in [-0.1, -0.05) is 42.5 Å². The number of aryl methyl sites for hydroxylation is 2. The van der Waals surface area contributed by atoms with Crippen LogP contribution in [0.3, 0.4) is 0 Å². The number of aromatic nitrogens is 4. The lowest BCUT2D eigenvalue weighted by Crippen LogP contribution is -2.38. The highest BCUT2D eigenvalue weighted by Gasteiger charge is 2.32. The van der Waals surface area contributed by atoms with Gasteiger partial charge in [0.25, 0.3) is 11.5 Å². The molecule has 0 saturated heterocycles. The van der Waals surface area contributed by atoms with Gasteiger partial charge in [-0.3, -0.25) is 19.3 Å². The van der Waals surface area contributed by atoms with Gasteiger partial charge in [0, 0.05) is 29.4 Å². The van der Waals surface area contributed by atoms with E-state index in [1.807, 2.05) is 0 Å². The van der Waals surface area contributed by atoms with Gasteiger partial charge >= 0.3 is 12.1 Å². The first kappa shape index (κ1) is 25.5. The number of halogens is 3. The summed E-state index contributed by atoms with van der Waals surface area (Å²) in [6, 6.07) is 14.0. The molecule has 0 unspecified atom stereocenters. The number of aromatic amines is 2. The maximum absolute atomic E-state index is 13.1. The van der Waals surface area contributed by atoms with E-state index in [1.165, 1.54) is 12.1 Å². The van der Waals surface area contributed by atoms with Crippen LogP contribution in [0.2, 0.25) is 0 Å². The number of rotatable bonds is 7. The summed E-state index contributed by atoms with van der Waals surface area (Å²) >= 11 is 0. The van der Waals surface area contributed by atoms with Gasteiger partial charge in [-0.05, 0) is 31.0 Å². The highest BCUT2D eigenvalue weighted by Crippen LogP contribution is 2.33. The summed E-state index contributed by atoms with van der Waals surface area (Å²) < 4.78 is 44.4. The third kappa shape index (κ3) is 5.97. The summed E-state index contributed by atoms with van der Waals surface area (Å²) in [5, 5.41) is 9.25. The maximum atomic E-state index is 13.1. The van der Waals surface area contributed by atoms with E-state index in [1.54, 1.807) is 50.2 Å². The molecule has 0 atom stereocenters. The number of amides is 1. The number of hydrogen-bond acceptors (Lipinski definition) is 5. The molecule has 4 aromatic rings. The van der Waals surface area contributed by atoms with E-state index in [9.17, 15) is 27.6 Å². The quantitative estimate of drug-likeness (QED) is 0.350. The van der Waals surface area contributed by atoms with Crippen LogP contribution < -0.4 is 21.3 Å². The van der Waals surface area contributed by atoms with E-state index in [4.69, 9.17) is 0 Å². The molecule has 37 heavy (non-hydrogen) atoms. The van der Waals surface area contributed by atoms with Crippen molar-refractivity contribution < 1.29 is 22.7 Å². The fraction of sp³-hybridized carbons (Fsp3) is 0.200. The molecule has 1 amide bonds. The number of ether oxygens (including phenoxy) is 1. The van der Waals surface area contributed by atoms with Crippen molar-refractivity contribution in [2.45, 2.75) is 33.3 Å². The van der Waals surface area contributed by atoms with Crippen molar-refractivity contribution in [3.63, 3.8) is 0 Å². The highest BCUT2D eigenvalue weighted by atomic mass is 19.4. The van der Waals surface area contributed by atoms with Gasteiger partial charge in [0.2, 0.25) is 0 Å². The zero-order valence-corrected chi connectivity index (χ0v) is 19.8. The Morgan fingerprint density at radius 2 is 1.81 bits per heavy atom. The summed E-state index contributed by atoms with van der Waals surface area (Å²) in [6.45, 7) is 3.11. The SMILES string of the molecule is Cc1n[nH]c(C)c1-c1ccc(CNC(=O)c2cc(=O)n(Cc3ccccc3)c(=O)[nH]2)c(OC(F)(F)F)c1. The van der Waals surface area contributed by atoms with E-state index in [-0.39, 0.29) is 24.3 Å². The van der Waals surface area contributed by atoms with Crippen molar-refractivity contribution in [1.82, 2.24) is 25.1 Å². The lowest BCUT2D eigenvalue weighted by molar-refractivity contribution is -0.274. The fourth-order valence-corrected chi connectivity index (χ4v) is 3.88. The Morgan fingerprint density at radius 3 is 2.43 bits per heavy atom.